The minimum atomic E-state index is -0.498. The molecule has 0 fully saturated rings. The monoisotopic (exact) mass is 359 g/mol. The summed E-state index contributed by atoms with van der Waals surface area (Å²) in [6, 6.07) is 3.56. The Morgan fingerprint density at radius 3 is 2.82 bits per heavy atom. The van der Waals surface area contributed by atoms with Gasteiger partial charge in [-0.25, -0.2) is 19.3 Å². The maximum Gasteiger partial charge on any atom is 0.333 e. The summed E-state index contributed by atoms with van der Waals surface area (Å²) in [7, 11) is 1.54. The molecule has 3 heterocycles. The number of rotatable bonds is 2. The second-order valence-electron chi connectivity index (χ2n) is 4.59. The number of hydrogen-bond donors (Lipinski definition) is 1. The van der Waals surface area contributed by atoms with Crippen LogP contribution in [0.2, 0.25) is 0 Å². The van der Waals surface area contributed by atoms with Gasteiger partial charge in [-0.15, -0.1) is 6.42 Å². The molecule has 0 aliphatic carbocycles. The van der Waals surface area contributed by atoms with Crippen LogP contribution in [-0.2, 0) is 13.6 Å². The zero-order valence-corrected chi connectivity index (χ0v) is 13.1. The lowest BCUT2D eigenvalue weighted by molar-refractivity contribution is 0.676. The smallest absolute Gasteiger partial charge is 0.332 e. The fraction of sp³-hybridized carbons (Fsp3) is 0.143. The predicted molar refractivity (Wildman–Crippen MR) is 85.4 cm³/mol. The van der Waals surface area contributed by atoms with E-state index in [4.69, 9.17) is 6.42 Å². The van der Waals surface area contributed by atoms with Crippen molar-refractivity contribution in [2.45, 2.75) is 6.54 Å². The van der Waals surface area contributed by atoms with Gasteiger partial charge in [-0.2, -0.15) is 0 Å². The third kappa shape index (κ3) is 2.16. The van der Waals surface area contributed by atoms with Gasteiger partial charge in [0.15, 0.2) is 5.65 Å². The van der Waals surface area contributed by atoms with Gasteiger partial charge in [0.1, 0.15) is 15.9 Å². The first-order valence-electron chi connectivity index (χ1n) is 6.28. The fourth-order valence-electron chi connectivity index (χ4n) is 2.13. The summed E-state index contributed by atoms with van der Waals surface area (Å²) in [5.74, 6) is 2.76. The molecule has 0 saturated heterocycles. The molecule has 0 amide bonds. The SMILES string of the molecule is C#CCn1c(=O)c2[nH]c(-c3ccc(Br)nc3)nc2n(C)c1=O. The zero-order chi connectivity index (χ0) is 15.9. The molecular formula is C14H10BrN5O2. The first kappa shape index (κ1) is 14.3. The molecule has 0 unspecified atom stereocenters. The number of H-pyrrole nitrogens is 1. The number of halogens is 1. The maximum atomic E-state index is 12.3. The number of aromatic amines is 1. The largest absolute Gasteiger partial charge is 0.333 e. The summed E-state index contributed by atoms with van der Waals surface area (Å²) >= 11 is 3.25. The van der Waals surface area contributed by atoms with Gasteiger partial charge in [-0.3, -0.25) is 9.36 Å². The van der Waals surface area contributed by atoms with Crippen molar-refractivity contribution in [1.29, 1.82) is 0 Å². The van der Waals surface area contributed by atoms with Gasteiger partial charge < -0.3 is 4.98 Å². The van der Waals surface area contributed by atoms with Crippen LogP contribution < -0.4 is 11.2 Å². The van der Waals surface area contributed by atoms with Gasteiger partial charge in [0, 0.05) is 18.8 Å². The number of fused-ring (bicyclic) bond motifs is 1. The summed E-state index contributed by atoms with van der Waals surface area (Å²) < 4.78 is 2.97. The quantitative estimate of drug-likeness (QED) is 0.543. The van der Waals surface area contributed by atoms with Crippen LogP contribution in [0.1, 0.15) is 0 Å². The normalized spacial score (nSPS) is 10.8. The molecule has 0 aliphatic heterocycles. The summed E-state index contributed by atoms with van der Waals surface area (Å²) in [5, 5.41) is 0. The van der Waals surface area contributed by atoms with E-state index in [1.54, 1.807) is 25.4 Å². The lowest BCUT2D eigenvalue weighted by Gasteiger charge is -2.03. The molecule has 0 radical (unpaired) electrons. The number of nitrogens with zero attached hydrogens (tertiary/aromatic N) is 4. The topological polar surface area (TPSA) is 85.6 Å². The molecule has 0 aromatic carbocycles. The second-order valence-corrected chi connectivity index (χ2v) is 5.40. The molecule has 3 rings (SSSR count). The fourth-order valence-corrected chi connectivity index (χ4v) is 2.37. The molecule has 0 atom stereocenters. The van der Waals surface area contributed by atoms with Gasteiger partial charge in [-0.1, -0.05) is 5.92 Å². The highest BCUT2D eigenvalue weighted by Crippen LogP contribution is 2.18. The van der Waals surface area contributed by atoms with E-state index in [0.717, 1.165) is 4.57 Å². The number of aryl methyl sites for hydroxylation is 1. The van der Waals surface area contributed by atoms with E-state index in [0.29, 0.717) is 16.0 Å². The van der Waals surface area contributed by atoms with Gasteiger partial charge in [0.2, 0.25) is 0 Å². The zero-order valence-electron chi connectivity index (χ0n) is 11.5. The molecule has 0 aliphatic rings. The number of imidazole rings is 1. The number of terminal acetylenes is 1. The van der Waals surface area contributed by atoms with Gasteiger partial charge >= 0.3 is 5.69 Å². The Kier molecular flexibility index (Phi) is 3.42. The number of nitrogens with one attached hydrogen (secondary N) is 1. The van der Waals surface area contributed by atoms with Crippen molar-refractivity contribution in [1.82, 2.24) is 24.1 Å². The molecule has 0 bridgehead atoms. The lowest BCUT2D eigenvalue weighted by atomic mass is 10.3. The third-order valence-corrected chi connectivity index (χ3v) is 3.70. The minimum absolute atomic E-state index is 0.0877. The van der Waals surface area contributed by atoms with Gasteiger partial charge in [0.25, 0.3) is 5.56 Å². The predicted octanol–water partition coefficient (Wildman–Crippen LogP) is 0.881. The molecule has 3 aromatic heterocycles. The Bertz CT molecular complexity index is 1020. The average molecular weight is 360 g/mol. The molecule has 3 aromatic rings. The summed E-state index contributed by atoms with van der Waals surface area (Å²) in [5.41, 5.74) is 0.230. The Labute approximate surface area is 132 Å². The summed E-state index contributed by atoms with van der Waals surface area (Å²) in [6.07, 6.45) is 6.82. The minimum Gasteiger partial charge on any atom is -0.332 e. The van der Waals surface area contributed by atoms with Crippen molar-refractivity contribution >= 4 is 27.1 Å². The lowest BCUT2D eigenvalue weighted by Crippen LogP contribution is -2.38. The van der Waals surface area contributed by atoms with Crippen molar-refractivity contribution in [3.05, 3.63) is 43.8 Å². The second kappa shape index (κ2) is 5.27. The number of pyridine rings is 1. The van der Waals surface area contributed by atoms with Crippen molar-refractivity contribution < 1.29 is 0 Å². The van der Waals surface area contributed by atoms with Crippen molar-refractivity contribution in [2.24, 2.45) is 7.05 Å². The average Bonchev–Trinajstić information content (AvgIpc) is 2.96. The van der Waals surface area contributed by atoms with Crippen LogP contribution in [0.4, 0.5) is 0 Å². The highest BCUT2D eigenvalue weighted by molar-refractivity contribution is 9.10. The molecule has 22 heavy (non-hydrogen) atoms. The van der Waals surface area contributed by atoms with Gasteiger partial charge in [-0.05, 0) is 28.1 Å². The third-order valence-electron chi connectivity index (χ3n) is 3.23. The van der Waals surface area contributed by atoms with E-state index in [1.807, 2.05) is 0 Å². The van der Waals surface area contributed by atoms with Crippen LogP contribution in [0.15, 0.2) is 32.5 Å². The summed E-state index contributed by atoms with van der Waals surface area (Å²) in [6.45, 7) is -0.0877. The van der Waals surface area contributed by atoms with E-state index in [1.165, 1.54) is 4.57 Å². The molecule has 8 heteroatoms. The summed E-state index contributed by atoms with van der Waals surface area (Å²) in [4.78, 5) is 35.9. The first-order valence-corrected chi connectivity index (χ1v) is 7.07. The van der Waals surface area contributed by atoms with Crippen LogP contribution in [0.3, 0.4) is 0 Å². The molecular weight excluding hydrogens is 350 g/mol. The Balaban J connectivity index is 2.31. The van der Waals surface area contributed by atoms with Crippen LogP contribution in [0.25, 0.3) is 22.6 Å². The van der Waals surface area contributed by atoms with Gasteiger partial charge in [0.05, 0.1) is 6.54 Å². The maximum absolute atomic E-state index is 12.3. The number of aromatic nitrogens is 5. The van der Waals surface area contributed by atoms with Crippen molar-refractivity contribution in [3.8, 4) is 23.7 Å². The van der Waals surface area contributed by atoms with E-state index in [2.05, 4.69) is 36.8 Å². The highest BCUT2D eigenvalue weighted by Gasteiger charge is 2.15. The van der Waals surface area contributed by atoms with E-state index in [-0.39, 0.29) is 17.7 Å². The Morgan fingerprint density at radius 2 is 2.18 bits per heavy atom. The van der Waals surface area contributed by atoms with E-state index < -0.39 is 11.2 Å². The molecule has 0 spiro atoms. The Hall–Kier alpha value is -2.66. The Morgan fingerprint density at radius 1 is 1.41 bits per heavy atom. The molecule has 1 N–H and O–H groups in total. The van der Waals surface area contributed by atoms with Crippen molar-refractivity contribution in [3.63, 3.8) is 0 Å². The number of hydrogen-bond acceptors (Lipinski definition) is 4. The van der Waals surface area contributed by atoms with Crippen molar-refractivity contribution in [2.75, 3.05) is 0 Å². The first-order chi connectivity index (χ1) is 10.5. The van der Waals surface area contributed by atoms with E-state index in [9.17, 15) is 9.59 Å². The van der Waals surface area contributed by atoms with E-state index >= 15 is 0 Å². The highest BCUT2D eigenvalue weighted by atomic mass is 79.9. The van der Waals surface area contributed by atoms with Crippen LogP contribution in [0, 0.1) is 12.3 Å². The molecule has 110 valence electrons. The standard InChI is InChI=1S/C14H10BrN5O2/c1-3-6-20-13(21)10-12(19(2)14(20)22)18-11(17-10)8-4-5-9(15)16-7-8/h1,4-5,7H,6H2,2H3,(H,17,18). The molecule has 0 saturated carbocycles. The van der Waals surface area contributed by atoms with Crippen LogP contribution >= 0.6 is 15.9 Å². The van der Waals surface area contributed by atoms with Crippen LogP contribution in [0.5, 0.6) is 0 Å². The molecule has 7 nitrogen and oxygen atoms in total. The van der Waals surface area contributed by atoms with Crippen LogP contribution in [-0.4, -0.2) is 24.1 Å².